The average Bonchev–Trinajstić information content (AvgIpc) is 2.94. The Balaban J connectivity index is 1.99. The summed E-state index contributed by atoms with van der Waals surface area (Å²) in [6.07, 6.45) is 0. The Hall–Kier alpha value is -2.20. The highest BCUT2D eigenvalue weighted by Gasteiger charge is 2.39. The highest BCUT2D eigenvalue weighted by molar-refractivity contribution is 5.80. The van der Waals surface area contributed by atoms with Crippen LogP contribution in [0.1, 0.15) is 18.5 Å². The highest BCUT2D eigenvalue weighted by Crippen LogP contribution is 2.39. The van der Waals surface area contributed by atoms with Gasteiger partial charge >= 0.3 is 0 Å². The summed E-state index contributed by atoms with van der Waals surface area (Å²) in [4.78, 5) is 17.6. The lowest BCUT2D eigenvalue weighted by atomic mass is 9.91. The molecule has 0 aromatic heterocycles. The summed E-state index contributed by atoms with van der Waals surface area (Å²) in [7, 11) is 0. The first-order chi connectivity index (χ1) is 10.2. The van der Waals surface area contributed by atoms with E-state index in [2.05, 4.69) is 0 Å². The maximum Gasteiger partial charge on any atom is 0.137 e. The molecule has 2 aromatic rings. The summed E-state index contributed by atoms with van der Waals surface area (Å²) < 4.78 is 13.1. The van der Waals surface area contributed by atoms with Crippen LogP contribution in [0.4, 0.5) is 10.1 Å². The SMILES string of the molecule is CC(=O)C1CON(c2ccc(F)cc2)C1c1ccccc1. The molecule has 0 spiro atoms. The fourth-order valence-electron chi connectivity index (χ4n) is 2.68. The normalized spacial score (nSPS) is 21.5. The Kier molecular flexibility index (Phi) is 3.71. The van der Waals surface area contributed by atoms with Gasteiger partial charge in [0, 0.05) is 0 Å². The number of anilines is 1. The molecule has 3 nitrogen and oxygen atoms in total. The Bertz CT molecular complexity index is 627. The van der Waals surface area contributed by atoms with Gasteiger partial charge in [-0.05, 0) is 36.8 Å². The monoisotopic (exact) mass is 285 g/mol. The fourth-order valence-corrected chi connectivity index (χ4v) is 2.68. The van der Waals surface area contributed by atoms with Gasteiger partial charge in [0.25, 0.3) is 0 Å². The number of nitrogens with zero attached hydrogens (tertiary/aromatic N) is 1. The van der Waals surface area contributed by atoms with Gasteiger partial charge in [-0.1, -0.05) is 30.3 Å². The molecule has 4 heteroatoms. The lowest BCUT2D eigenvalue weighted by molar-refractivity contribution is -0.121. The number of hydrogen-bond acceptors (Lipinski definition) is 3. The second-order valence-electron chi connectivity index (χ2n) is 5.17. The predicted molar refractivity (Wildman–Crippen MR) is 78.2 cm³/mol. The molecule has 0 bridgehead atoms. The van der Waals surface area contributed by atoms with Crippen LogP contribution in [0.25, 0.3) is 0 Å². The molecule has 0 N–H and O–H groups in total. The number of carbonyl (C=O) groups is 1. The number of hydroxylamine groups is 1. The zero-order valence-corrected chi connectivity index (χ0v) is 11.7. The van der Waals surface area contributed by atoms with E-state index in [1.54, 1.807) is 24.1 Å². The van der Waals surface area contributed by atoms with Gasteiger partial charge in [0.05, 0.1) is 24.3 Å². The second-order valence-corrected chi connectivity index (χ2v) is 5.17. The maximum atomic E-state index is 13.1. The van der Waals surface area contributed by atoms with Crippen LogP contribution in [-0.4, -0.2) is 12.4 Å². The van der Waals surface area contributed by atoms with E-state index in [1.165, 1.54) is 12.1 Å². The van der Waals surface area contributed by atoms with E-state index in [4.69, 9.17) is 4.84 Å². The summed E-state index contributed by atoms with van der Waals surface area (Å²) in [5.74, 6) is -0.428. The molecule has 3 rings (SSSR count). The first-order valence-corrected chi connectivity index (χ1v) is 6.90. The Labute approximate surface area is 122 Å². The number of hydrogen-bond donors (Lipinski definition) is 0. The van der Waals surface area contributed by atoms with Crippen LogP contribution in [0.2, 0.25) is 0 Å². The van der Waals surface area contributed by atoms with E-state index < -0.39 is 0 Å². The van der Waals surface area contributed by atoms with Crippen LogP contribution >= 0.6 is 0 Å². The minimum Gasteiger partial charge on any atom is -0.300 e. The molecule has 108 valence electrons. The van der Waals surface area contributed by atoms with E-state index in [9.17, 15) is 9.18 Å². The smallest absolute Gasteiger partial charge is 0.137 e. The van der Waals surface area contributed by atoms with Crippen LogP contribution in [0.5, 0.6) is 0 Å². The van der Waals surface area contributed by atoms with Crippen LogP contribution in [0, 0.1) is 11.7 Å². The lowest BCUT2D eigenvalue weighted by Gasteiger charge is -2.27. The van der Waals surface area contributed by atoms with Gasteiger partial charge in [-0.3, -0.25) is 9.63 Å². The number of Topliss-reactive ketones (excluding diaryl/α,β-unsaturated/α-hetero) is 1. The van der Waals surface area contributed by atoms with Crippen molar-refractivity contribution in [1.29, 1.82) is 0 Å². The van der Waals surface area contributed by atoms with Crippen molar-refractivity contribution in [3.05, 3.63) is 66.0 Å². The van der Waals surface area contributed by atoms with Gasteiger partial charge in [0.1, 0.15) is 11.6 Å². The molecule has 1 fully saturated rings. The molecule has 21 heavy (non-hydrogen) atoms. The molecule has 1 aliphatic heterocycles. The van der Waals surface area contributed by atoms with Crippen molar-refractivity contribution in [1.82, 2.24) is 0 Å². The Morgan fingerprint density at radius 2 is 1.81 bits per heavy atom. The predicted octanol–water partition coefficient (Wildman–Crippen LogP) is 3.52. The van der Waals surface area contributed by atoms with Gasteiger partial charge in [0.2, 0.25) is 0 Å². The van der Waals surface area contributed by atoms with Crippen molar-refractivity contribution in [3.8, 4) is 0 Å². The van der Waals surface area contributed by atoms with Gasteiger partial charge in [-0.25, -0.2) is 9.45 Å². The molecular weight excluding hydrogens is 269 g/mol. The molecule has 2 atom stereocenters. The van der Waals surface area contributed by atoms with Crippen molar-refractivity contribution in [2.75, 3.05) is 11.7 Å². The number of rotatable bonds is 3. The summed E-state index contributed by atoms with van der Waals surface area (Å²) >= 11 is 0. The Morgan fingerprint density at radius 1 is 1.14 bits per heavy atom. The van der Waals surface area contributed by atoms with Crippen molar-refractivity contribution in [2.45, 2.75) is 13.0 Å². The fraction of sp³-hybridized carbons (Fsp3) is 0.235. The summed E-state index contributed by atoms with van der Waals surface area (Å²) in [6, 6.07) is 15.7. The minimum atomic E-state index is -0.294. The second kappa shape index (κ2) is 5.66. The van der Waals surface area contributed by atoms with Crippen LogP contribution in [-0.2, 0) is 9.63 Å². The zero-order valence-electron chi connectivity index (χ0n) is 11.7. The largest absolute Gasteiger partial charge is 0.300 e. The van der Waals surface area contributed by atoms with Gasteiger partial charge in [-0.15, -0.1) is 0 Å². The van der Waals surface area contributed by atoms with Crippen LogP contribution in [0.15, 0.2) is 54.6 Å². The third-order valence-electron chi connectivity index (χ3n) is 3.77. The van der Waals surface area contributed by atoms with E-state index >= 15 is 0 Å². The molecular formula is C17H16FNO2. The summed E-state index contributed by atoms with van der Waals surface area (Å²) in [6.45, 7) is 1.92. The van der Waals surface area contributed by atoms with Crippen molar-refractivity contribution >= 4 is 11.5 Å². The Morgan fingerprint density at radius 3 is 2.43 bits per heavy atom. The van der Waals surface area contributed by atoms with E-state index in [0.29, 0.717) is 6.61 Å². The van der Waals surface area contributed by atoms with Crippen molar-refractivity contribution < 1.29 is 14.0 Å². The summed E-state index contributed by atoms with van der Waals surface area (Å²) in [5, 5.41) is 1.71. The number of carbonyl (C=O) groups excluding carboxylic acids is 1. The molecule has 1 saturated heterocycles. The first-order valence-electron chi connectivity index (χ1n) is 6.90. The highest BCUT2D eigenvalue weighted by atomic mass is 19.1. The standard InChI is InChI=1S/C17H16FNO2/c1-12(20)16-11-21-19(15-9-7-14(18)8-10-15)17(16)13-5-3-2-4-6-13/h2-10,16-17H,11H2,1H3. The number of benzene rings is 2. The van der Waals surface area contributed by atoms with E-state index in [1.807, 2.05) is 30.3 Å². The molecule has 0 radical (unpaired) electrons. The van der Waals surface area contributed by atoms with Crippen LogP contribution < -0.4 is 5.06 Å². The van der Waals surface area contributed by atoms with Crippen LogP contribution in [0.3, 0.4) is 0 Å². The first kappa shape index (κ1) is 13.8. The molecule has 0 aliphatic carbocycles. The third-order valence-corrected chi connectivity index (χ3v) is 3.77. The van der Waals surface area contributed by atoms with Crippen molar-refractivity contribution in [3.63, 3.8) is 0 Å². The summed E-state index contributed by atoms with van der Waals surface area (Å²) in [5.41, 5.74) is 1.76. The molecule has 0 amide bonds. The van der Waals surface area contributed by atoms with Crippen molar-refractivity contribution in [2.24, 2.45) is 5.92 Å². The molecule has 2 aromatic carbocycles. The lowest BCUT2D eigenvalue weighted by Crippen LogP contribution is -2.27. The molecule has 1 heterocycles. The minimum absolute atomic E-state index is 0.0912. The molecule has 1 aliphatic rings. The topological polar surface area (TPSA) is 29.5 Å². The quantitative estimate of drug-likeness (QED) is 0.864. The van der Waals surface area contributed by atoms with E-state index in [-0.39, 0.29) is 23.6 Å². The average molecular weight is 285 g/mol. The number of ketones is 1. The zero-order chi connectivity index (χ0) is 14.8. The van der Waals surface area contributed by atoms with E-state index in [0.717, 1.165) is 11.3 Å². The van der Waals surface area contributed by atoms with Gasteiger partial charge in [-0.2, -0.15) is 0 Å². The van der Waals surface area contributed by atoms with Gasteiger partial charge in [0.15, 0.2) is 0 Å². The van der Waals surface area contributed by atoms with Gasteiger partial charge < -0.3 is 0 Å². The maximum absolute atomic E-state index is 13.1. The number of halogens is 1. The molecule has 2 unspecified atom stereocenters. The third kappa shape index (κ3) is 2.67. The molecule has 0 saturated carbocycles.